The van der Waals surface area contributed by atoms with Gasteiger partial charge in [-0.1, -0.05) is 36.4 Å². The molecule has 0 aromatic heterocycles. The normalized spacial score (nSPS) is 13.1. The van der Waals surface area contributed by atoms with Crippen molar-refractivity contribution in [2.75, 3.05) is 27.9 Å². The minimum absolute atomic E-state index is 0.00208. The smallest absolute Gasteiger partial charge is 0.337 e. The van der Waals surface area contributed by atoms with Crippen LogP contribution >= 0.6 is 0 Å². The van der Waals surface area contributed by atoms with Gasteiger partial charge in [-0.25, -0.2) is 4.79 Å². The summed E-state index contributed by atoms with van der Waals surface area (Å²) in [5, 5.41) is 3.51. The monoisotopic (exact) mass is 357 g/mol. The van der Waals surface area contributed by atoms with Crippen molar-refractivity contribution in [3.63, 3.8) is 0 Å². The molecule has 1 N–H and O–H groups in total. The van der Waals surface area contributed by atoms with Gasteiger partial charge in [0.1, 0.15) is 5.75 Å². The van der Waals surface area contributed by atoms with Crippen LogP contribution < -0.4 is 10.1 Å². The van der Waals surface area contributed by atoms with E-state index in [4.69, 9.17) is 14.2 Å². The van der Waals surface area contributed by atoms with Crippen LogP contribution in [-0.4, -0.2) is 39.9 Å². The number of nitrogens with one attached hydrogen (secondary N) is 1. The molecule has 0 aliphatic rings. The van der Waals surface area contributed by atoms with Crippen molar-refractivity contribution < 1.29 is 19.0 Å². The van der Waals surface area contributed by atoms with Crippen molar-refractivity contribution in [3.05, 3.63) is 65.2 Å². The number of esters is 1. The molecule has 0 radical (unpaired) electrons. The molecule has 5 heteroatoms. The third-order valence-electron chi connectivity index (χ3n) is 4.34. The number of hydrogen-bond donors (Lipinski definition) is 1. The van der Waals surface area contributed by atoms with Crippen LogP contribution in [0.3, 0.4) is 0 Å². The van der Waals surface area contributed by atoms with E-state index in [1.54, 1.807) is 26.4 Å². The molecule has 2 atom stereocenters. The zero-order chi connectivity index (χ0) is 18.9. The SMILES string of the molecule is COC(=O)c1ccc(CC(C)NCC(OC)c2ccccc2)c(OC)c1. The van der Waals surface area contributed by atoms with Crippen LogP contribution in [0.1, 0.15) is 34.5 Å². The highest BCUT2D eigenvalue weighted by Crippen LogP contribution is 2.22. The molecule has 2 unspecified atom stereocenters. The van der Waals surface area contributed by atoms with E-state index in [-0.39, 0.29) is 18.1 Å². The summed E-state index contributed by atoms with van der Waals surface area (Å²) in [6.45, 7) is 2.83. The van der Waals surface area contributed by atoms with Gasteiger partial charge in [0.2, 0.25) is 0 Å². The molecule has 2 rings (SSSR count). The Bertz CT molecular complexity index is 702. The van der Waals surface area contributed by atoms with Crippen molar-refractivity contribution in [1.82, 2.24) is 5.32 Å². The quantitative estimate of drug-likeness (QED) is 0.697. The van der Waals surface area contributed by atoms with Crippen LogP contribution in [0.25, 0.3) is 0 Å². The van der Waals surface area contributed by atoms with E-state index in [0.717, 1.165) is 17.5 Å². The highest BCUT2D eigenvalue weighted by Gasteiger charge is 2.15. The number of ether oxygens (including phenoxy) is 3. The van der Waals surface area contributed by atoms with E-state index in [0.29, 0.717) is 17.9 Å². The molecule has 0 aliphatic carbocycles. The Morgan fingerprint density at radius 3 is 2.42 bits per heavy atom. The Morgan fingerprint density at radius 1 is 1.08 bits per heavy atom. The molecule has 0 amide bonds. The molecule has 5 nitrogen and oxygen atoms in total. The first kappa shape index (κ1) is 19.9. The van der Waals surface area contributed by atoms with Gasteiger partial charge in [-0.05, 0) is 36.6 Å². The first-order valence-electron chi connectivity index (χ1n) is 8.65. The van der Waals surface area contributed by atoms with Gasteiger partial charge >= 0.3 is 5.97 Å². The summed E-state index contributed by atoms with van der Waals surface area (Å²) in [6, 6.07) is 15.8. The maximum atomic E-state index is 11.7. The summed E-state index contributed by atoms with van der Waals surface area (Å²) in [7, 11) is 4.70. The maximum absolute atomic E-state index is 11.7. The molecule has 26 heavy (non-hydrogen) atoms. The number of carbonyl (C=O) groups excluding carboxylic acids is 1. The maximum Gasteiger partial charge on any atom is 0.337 e. The van der Waals surface area contributed by atoms with E-state index in [1.165, 1.54) is 7.11 Å². The molecule has 0 spiro atoms. The molecule has 0 fully saturated rings. The lowest BCUT2D eigenvalue weighted by Gasteiger charge is -2.21. The van der Waals surface area contributed by atoms with E-state index in [2.05, 4.69) is 24.4 Å². The van der Waals surface area contributed by atoms with Gasteiger partial charge in [0.05, 0.1) is 25.9 Å². The Labute approximate surface area is 155 Å². The molecule has 140 valence electrons. The number of hydrogen-bond acceptors (Lipinski definition) is 5. The second-order valence-electron chi connectivity index (χ2n) is 6.17. The zero-order valence-electron chi connectivity index (χ0n) is 15.8. The van der Waals surface area contributed by atoms with Crippen molar-refractivity contribution in [3.8, 4) is 5.75 Å². The van der Waals surface area contributed by atoms with Crippen LogP contribution in [0, 0.1) is 0 Å². The second-order valence-corrected chi connectivity index (χ2v) is 6.17. The van der Waals surface area contributed by atoms with E-state index >= 15 is 0 Å². The minimum atomic E-state index is -0.369. The van der Waals surface area contributed by atoms with Crippen molar-refractivity contribution in [1.29, 1.82) is 0 Å². The number of carbonyl (C=O) groups is 1. The van der Waals surface area contributed by atoms with E-state index in [9.17, 15) is 4.79 Å². The minimum Gasteiger partial charge on any atom is -0.496 e. The highest BCUT2D eigenvalue weighted by atomic mass is 16.5. The molecule has 2 aromatic rings. The zero-order valence-corrected chi connectivity index (χ0v) is 15.8. The average molecular weight is 357 g/mol. The van der Waals surface area contributed by atoms with Crippen LogP contribution in [-0.2, 0) is 15.9 Å². The summed E-state index contributed by atoms with van der Waals surface area (Å²) in [4.78, 5) is 11.7. The Morgan fingerprint density at radius 2 is 1.81 bits per heavy atom. The van der Waals surface area contributed by atoms with Crippen LogP contribution in [0.2, 0.25) is 0 Å². The molecule has 0 saturated carbocycles. The number of benzene rings is 2. The molecular formula is C21H27NO4. The lowest BCUT2D eigenvalue weighted by atomic mass is 10.0. The van der Waals surface area contributed by atoms with Crippen molar-refractivity contribution >= 4 is 5.97 Å². The first-order chi connectivity index (χ1) is 12.6. The van der Waals surface area contributed by atoms with Gasteiger partial charge in [-0.3, -0.25) is 0 Å². The van der Waals surface area contributed by atoms with Gasteiger partial charge < -0.3 is 19.5 Å². The summed E-state index contributed by atoms with van der Waals surface area (Å²) < 4.78 is 15.8. The van der Waals surface area contributed by atoms with Crippen molar-refractivity contribution in [2.24, 2.45) is 0 Å². The summed E-state index contributed by atoms with van der Waals surface area (Å²) >= 11 is 0. The third-order valence-corrected chi connectivity index (χ3v) is 4.34. The standard InChI is InChI=1S/C21H27NO4/c1-15(22-14-20(25-3)16-8-6-5-7-9-16)12-17-10-11-18(21(23)26-4)13-19(17)24-2/h5-11,13,15,20,22H,12,14H2,1-4H3. The predicted octanol–water partition coefficient (Wildman–Crippen LogP) is 3.39. The summed E-state index contributed by atoms with van der Waals surface area (Å²) in [5.41, 5.74) is 2.67. The Hall–Kier alpha value is -2.37. The summed E-state index contributed by atoms with van der Waals surface area (Å²) in [6.07, 6.45) is 0.776. The van der Waals surface area contributed by atoms with Gasteiger partial charge in [-0.15, -0.1) is 0 Å². The fraction of sp³-hybridized carbons (Fsp3) is 0.381. The van der Waals surface area contributed by atoms with Gasteiger partial charge in [0.25, 0.3) is 0 Å². The highest BCUT2D eigenvalue weighted by molar-refractivity contribution is 5.89. The Kier molecular flexibility index (Phi) is 7.63. The average Bonchev–Trinajstić information content (AvgIpc) is 2.69. The largest absolute Gasteiger partial charge is 0.496 e. The predicted molar refractivity (Wildman–Crippen MR) is 102 cm³/mol. The lowest BCUT2D eigenvalue weighted by Crippen LogP contribution is -2.32. The summed E-state index contributed by atoms with van der Waals surface area (Å²) in [5.74, 6) is 0.319. The number of methoxy groups -OCH3 is 3. The van der Waals surface area contributed by atoms with Crippen LogP contribution in [0.4, 0.5) is 0 Å². The molecule has 0 saturated heterocycles. The second kappa shape index (κ2) is 9.94. The van der Waals surface area contributed by atoms with Crippen molar-refractivity contribution in [2.45, 2.75) is 25.5 Å². The molecule has 2 aromatic carbocycles. The van der Waals surface area contributed by atoms with E-state index in [1.807, 2.05) is 24.3 Å². The molecule has 0 heterocycles. The van der Waals surface area contributed by atoms with Gasteiger partial charge in [0.15, 0.2) is 0 Å². The fourth-order valence-electron chi connectivity index (χ4n) is 2.87. The van der Waals surface area contributed by atoms with Gasteiger partial charge in [-0.2, -0.15) is 0 Å². The fourth-order valence-corrected chi connectivity index (χ4v) is 2.87. The molecule has 0 aliphatic heterocycles. The third kappa shape index (κ3) is 5.31. The first-order valence-corrected chi connectivity index (χ1v) is 8.65. The van der Waals surface area contributed by atoms with E-state index < -0.39 is 0 Å². The van der Waals surface area contributed by atoms with Gasteiger partial charge in [0, 0.05) is 19.7 Å². The van der Waals surface area contributed by atoms with Crippen LogP contribution in [0.5, 0.6) is 5.75 Å². The Balaban J connectivity index is 1.98. The lowest BCUT2D eigenvalue weighted by molar-refractivity contribution is 0.0600. The molecule has 0 bridgehead atoms. The molecular weight excluding hydrogens is 330 g/mol. The topological polar surface area (TPSA) is 56.8 Å². The van der Waals surface area contributed by atoms with Crippen LogP contribution in [0.15, 0.2) is 48.5 Å². The number of rotatable bonds is 9.